The summed E-state index contributed by atoms with van der Waals surface area (Å²) in [6, 6.07) is 10.2. The fourth-order valence-electron chi connectivity index (χ4n) is 5.87. The molecule has 1 aliphatic carbocycles. The molecule has 4 aromatic rings. The lowest BCUT2D eigenvalue weighted by molar-refractivity contribution is -0.667. The Balaban J connectivity index is 1.41. The second kappa shape index (κ2) is 11.2. The van der Waals surface area contributed by atoms with Gasteiger partial charge in [0.1, 0.15) is 22.6 Å². The summed E-state index contributed by atoms with van der Waals surface area (Å²) in [4.78, 5) is 14.1. The number of carbonyl (C=O) groups is 1. The number of aliphatic carboxylic acids is 1. The van der Waals surface area contributed by atoms with Crippen molar-refractivity contribution >= 4 is 72.1 Å². The first-order valence-corrected chi connectivity index (χ1v) is 16.9. The number of nitrogens with zero attached hydrogens (tertiary/aromatic N) is 2. The maximum absolute atomic E-state index is 14.1. The van der Waals surface area contributed by atoms with Crippen LogP contribution in [-0.4, -0.2) is 36.3 Å². The second-order valence-electron chi connectivity index (χ2n) is 11.6. The summed E-state index contributed by atoms with van der Waals surface area (Å²) in [5.74, 6) is -1.87. The third kappa shape index (κ3) is 6.42. The van der Waals surface area contributed by atoms with Gasteiger partial charge in [-0.2, -0.15) is 4.57 Å². The number of fused-ring (bicyclic) bond motifs is 4. The van der Waals surface area contributed by atoms with Crippen LogP contribution in [0, 0.1) is 11.2 Å². The molecule has 224 valence electrons. The summed E-state index contributed by atoms with van der Waals surface area (Å²) in [6.45, 7) is 4.43. The van der Waals surface area contributed by atoms with E-state index in [1.54, 1.807) is 28.6 Å². The number of aromatic nitrogens is 1. The highest BCUT2D eigenvalue weighted by molar-refractivity contribution is 8.03. The quantitative estimate of drug-likeness (QED) is 0.168. The van der Waals surface area contributed by atoms with Crippen LogP contribution in [-0.2, 0) is 21.5 Å². The van der Waals surface area contributed by atoms with Crippen LogP contribution in [0.4, 0.5) is 10.1 Å². The molecule has 0 saturated heterocycles. The van der Waals surface area contributed by atoms with E-state index in [9.17, 15) is 27.3 Å². The van der Waals surface area contributed by atoms with Gasteiger partial charge in [-0.25, -0.2) is 12.8 Å². The molecule has 0 unspecified atom stereocenters. The predicted octanol–water partition coefficient (Wildman–Crippen LogP) is 6.68. The minimum atomic E-state index is -4.34. The van der Waals surface area contributed by atoms with E-state index >= 15 is 0 Å². The van der Waals surface area contributed by atoms with E-state index in [0.717, 1.165) is 60.1 Å². The van der Waals surface area contributed by atoms with Crippen LogP contribution in [0.1, 0.15) is 38.1 Å². The van der Waals surface area contributed by atoms with Crippen LogP contribution in [0.3, 0.4) is 0 Å². The fourth-order valence-corrected chi connectivity index (χ4v) is 8.65. The first-order valence-electron chi connectivity index (χ1n) is 13.7. The minimum Gasteiger partial charge on any atom is -0.748 e. The summed E-state index contributed by atoms with van der Waals surface area (Å²) in [6.07, 6.45) is 9.59. The predicted molar refractivity (Wildman–Crippen MR) is 165 cm³/mol. The molecular formula is C31H29FN2O6S3. The van der Waals surface area contributed by atoms with E-state index in [-0.39, 0.29) is 18.4 Å². The van der Waals surface area contributed by atoms with Crippen molar-refractivity contribution in [2.45, 2.75) is 44.6 Å². The number of anilines is 1. The average Bonchev–Trinajstić information content (AvgIpc) is 3.58. The van der Waals surface area contributed by atoms with Crippen molar-refractivity contribution in [1.82, 2.24) is 0 Å². The third-order valence-corrected chi connectivity index (χ3v) is 10.4. The van der Waals surface area contributed by atoms with Gasteiger partial charge in [0.25, 0.3) is 5.01 Å². The fraction of sp³-hybridized carbons (Fsp3) is 0.290. The summed E-state index contributed by atoms with van der Waals surface area (Å²) in [7, 11) is -4.34. The van der Waals surface area contributed by atoms with E-state index in [2.05, 4.69) is 30.6 Å². The van der Waals surface area contributed by atoms with E-state index in [4.69, 9.17) is 4.42 Å². The van der Waals surface area contributed by atoms with Crippen LogP contribution in [0.15, 0.2) is 80.3 Å². The lowest BCUT2D eigenvalue weighted by atomic mass is 9.75. The Morgan fingerprint density at radius 3 is 2.79 bits per heavy atom. The Morgan fingerprint density at radius 2 is 2.02 bits per heavy atom. The highest BCUT2D eigenvalue weighted by Crippen LogP contribution is 2.48. The number of aryl methyl sites for hydroxylation is 1. The van der Waals surface area contributed by atoms with Crippen LogP contribution < -0.4 is 9.47 Å². The number of thiazole rings is 1. The molecule has 1 aliphatic heterocycles. The highest BCUT2D eigenvalue weighted by Gasteiger charge is 2.31. The van der Waals surface area contributed by atoms with Crippen LogP contribution in [0.5, 0.6) is 0 Å². The normalized spacial score (nSPS) is 18.6. The number of furan rings is 1. The number of carboxylic acids is 1. The van der Waals surface area contributed by atoms with Gasteiger partial charge in [-0.05, 0) is 71.9 Å². The average molecular weight is 641 g/mol. The van der Waals surface area contributed by atoms with Crippen LogP contribution in [0.2, 0.25) is 0 Å². The number of hydrogen-bond donors (Lipinski definition) is 1. The Labute approximate surface area is 256 Å². The third-order valence-electron chi connectivity index (χ3n) is 7.44. The highest BCUT2D eigenvalue weighted by atomic mass is 32.2. The number of thioether (sulfide) groups is 1. The van der Waals surface area contributed by atoms with Gasteiger partial charge in [-0.15, -0.1) is 0 Å². The summed E-state index contributed by atoms with van der Waals surface area (Å²) >= 11 is 3.01. The molecule has 1 N–H and O–H groups in total. The SMILES string of the molecule is CC1(C)CC(/C=C2\Sc3ccc(F)cc3N2CC(=O)O)=CC(=C/c2sc3ccc4occc4c3[n+]2CCCS(=O)(=O)[O-])/C1. The molecule has 2 aliphatic rings. The van der Waals surface area contributed by atoms with E-state index in [1.165, 1.54) is 23.9 Å². The summed E-state index contributed by atoms with van der Waals surface area (Å²) in [5, 5.41) is 12.1. The van der Waals surface area contributed by atoms with Crippen molar-refractivity contribution in [3.8, 4) is 0 Å². The number of carboxylic acid groups (broad SMARTS) is 1. The van der Waals surface area contributed by atoms with E-state index in [1.807, 2.05) is 24.3 Å². The zero-order valence-electron chi connectivity index (χ0n) is 23.5. The summed E-state index contributed by atoms with van der Waals surface area (Å²) < 4.78 is 56.8. The molecule has 2 aromatic carbocycles. The lowest BCUT2D eigenvalue weighted by Gasteiger charge is -2.31. The minimum absolute atomic E-state index is 0.0944. The topological polar surface area (TPSA) is 115 Å². The van der Waals surface area contributed by atoms with Gasteiger partial charge < -0.3 is 19.0 Å². The lowest BCUT2D eigenvalue weighted by Crippen LogP contribution is -2.36. The smallest absolute Gasteiger partial charge is 0.323 e. The molecular weight excluding hydrogens is 612 g/mol. The number of benzene rings is 2. The molecule has 2 aromatic heterocycles. The van der Waals surface area contributed by atoms with Crippen molar-refractivity contribution < 1.29 is 36.2 Å². The molecule has 0 spiro atoms. The van der Waals surface area contributed by atoms with E-state index < -0.39 is 27.7 Å². The zero-order chi connectivity index (χ0) is 30.5. The summed E-state index contributed by atoms with van der Waals surface area (Å²) in [5.41, 5.74) is 4.20. The van der Waals surface area contributed by atoms with Crippen molar-refractivity contribution in [2.75, 3.05) is 17.2 Å². The molecule has 3 heterocycles. The molecule has 43 heavy (non-hydrogen) atoms. The van der Waals surface area contributed by atoms with Gasteiger partial charge in [0, 0.05) is 23.1 Å². The van der Waals surface area contributed by atoms with Gasteiger partial charge in [0.05, 0.1) is 32.5 Å². The Morgan fingerprint density at radius 1 is 1.21 bits per heavy atom. The molecule has 0 radical (unpaired) electrons. The Bertz CT molecular complexity index is 1970. The maximum atomic E-state index is 14.1. The van der Waals surface area contributed by atoms with Crippen molar-refractivity contribution in [1.29, 1.82) is 0 Å². The monoisotopic (exact) mass is 640 g/mol. The van der Waals surface area contributed by atoms with Crippen molar-refractivity contribution in [3.63, 3.8) is 0 Å². The Hall–Kier alpha value is -3.45. The molecule has 0 atom stereocenters. The van der Waals surface area contributed by atoms with Gasteiger partial charge in [-0.3, -0.25) is 4.79 Å². The first kappa shape index (κ1) is 29.6. The largest absolute Gasteiger partial charge is 0.748 e. The van der Waals surface area contributed by atoms with Crippen LogP contribution >= 0.6 is 23.1 Å². The molecule has 8 nitrogen and oxygen atoms in total. The van der Waals surface area contributed by atoms with Gasteiger partial charge in [-0.1, -0.05) is 43.0 Å². The van der Waals surface area contributed by atoms with Crippen molar-refractivity contribution in [3.05, 3.63) is 81.8 Å². The second-order valence-corrected chi connectivity index (χ2v) is 15.2. The molecule has 0 saturated carbocycles. The molecule has 12 heteroatoms. The number of hydrogen-bond acceptors (Lipinski definition) is 8. The zero-order valence-corrected chi connectivity index (χ0v) is 26.0. The van der Waals surface area contributed by atoms with Crippen LogP contribution in [0.25, 0.3) is 27.3 Å². The van der Waals surface area contributed by atoms with Gasteiger partial charge in [0.15, 0.2) is 6.54 Å². The molecule has 6 rings (SSSR count). The first-order chi connectivity index (χ1) is 20.3. The molecule has 0 fully saturated rings. The number of halogens is 1. The Kier molecular flexibility index (Phi) is 7.74. The maximum Gasteiger partial charge on any atom is 0.323 e. The van der Waals surface area contributed by atoms with Crippen molar-refractivity contribution in [2.24, 2.45) is 5.41 Å². The molecule has 0 amide bonds. The molecule has 0 bridgehead atoms. The van der Waals surface area contributed by atoms with E-state index in [0.29, 0.717) is 12.2 Å². The number of allylic oxidation sites excluding steroid dienone is 4. The van der Waals surface area contributed by atoms with Gasteiger partial charge in [0.2, 0.25) is 5.52 Å². The standard InChI is InChI=1S/C31H29FN2O6S3/c1-31(2)16-19(12-20(17-31)14-28-34(18-29(35)36)23-15-21(32)4-6-25(23)41-28)13-27-33(9-3-11-43(37,38)39)30-22-8-10-40-24(22)5-7-26(30)42-27/h4-8,10,12-15H,3,9,11,16-18H2,1-2H3,(H-,35,36,37,38,39). The number of rotatable bonds is 8. The van der Waals surface area contributed by atoms with Gasteiger partial charge >= 0.3 is 5.97 Å².